The topological polar surface area (TPSA) is 78.2 Å². The second-order valence-corrected chi connectivity index (χ2v) is 11.6. The molecule has 43 heavy (non-hydrogen) atoms. The van der Waals surface area contributed by atoms with Gasteiger partial charge in [-0.15, -0.1) is 0 Å². The van der Waals surface area contributed by atoms with E-state index in [1.165, 1.54) is 83.5 Å². The van der Waals surface area contributed by atoms with E-state index in [9.17, 15) is 9.59 Å². The Morgan fingerprint density at radius 1 is 0.837 bits per heavy atom. The van der Waals surface area contributed by atoms with Crippen molar-refractivity contribution < 1.29 is 57.1 Å². The molecule has 2 rings (SSSR count). The van der Waals surface area contributed by atoms with Gasteiger partial charge in [0.25, 0.3) is 0 Å². The quantitative estimate of drug-likeness (QED) is 0.0902. The number of amides is 2. The number of aromatic nitrogens is 1. The molecule has 248 valence electrons. The van der Waals surface area contributed by atoms with Gasteiger partial charge in [-0.25, -0.2) is 19.1 Å². The maximum atomic E-state index is 12.9. The first-order chi connectivity index (χ1) is 20.6. The van der Waals surface area contributed by atoms with E-state index in [4.69, 9.17) is 18.9 Å². The Bertz CT molecular complexity index is 858. The van der Waals surface area contributed by atoms with Crippen LogP contribution in [0, 0.1) is 5.92 Å². The summed E-state index contributed by atoms with van der Waals surface area (Å²) >= 11 is 0. The van der Waals surface area contributed by atoms with Crippen molar-refractivity contribution in [2.24, 2.45) is 5.92 Å². The molecular formula is C34H59IN2O6. The van der Waals surface area contributed by atoms with Crippen LogP contribution in [0.3, 0.4) is 0 Å². The Balaban J connectivity index is 0.00000924. The second-order valence-electron chi connectivity index (χ2n) is 11.6. The van der Waals surface area contributed by atoms with Crippen molar-refractivity contribution in [3.05, 3.63) is 30.1 Å². The SMILES string of the molecule is CCCCCCCCCCCCCCCCOCC1COC(COC(=O)N(Cc2cccc[n+]2CC)C(=O)OCC)C1.[I-]. The zero-order valence-electron chi connectivity index (χ0n) is 27.2. The minimum Gasteiger partial charge on any atom is -1.00 e. The maximum Gasteiger partial charge on any atom is 0.419 e. The van der Waals surface area contributed by atoms with E-state index in [1.54, 1.807) is 6.92 Å². The fraction of sp³-hybridized carbons (Fsp3) is 0.794. The molecule has 1 aromatic rings. The molecule has 2 unspecified atom stereocenters. The van der Waals surface area contributed by atoms with Crippen molar-refractivity contribution >= 4 is 12.2 Å². The third-order valence-corrected chi connectivity index (χ3v) is 7.96. The Kier molecular flexibility index (Phi) is 23.8. The highest BCUT2D eigenvalue weighted by Crippen LogP contribution is 2.21. The molecule has 1 aliphatic heterocycles. The van der Waals surface area contributed by atoms with E-state index in [0.29, 0.717) is 19.1 Å². The highest BCUT2D eigenvalue weighted by molar-refractivity contribution is 5.87. The van der Waals surface area contributed by atoms with Crippen LogP contribution in [0.1, 0.15) is 123 Å². The summed E-state index contributed by atoms with van der Waals surface area (Å²) in [6, 6.07) is 5.67. The van der Waals surface area contributed by atoms with Crippen molar-refractivity contribution in [2.75, 3.05) is 33.0 Å². The highest BCUT2D eigenvalue weighted by atomic mass is 127. The molecule has 9 heteroatoms. The van der Waals surface area contributed by atoms with Crippen LogP contribution in [0.25, 0.3) is 0 Å². The van der Waals surface area contributed by atoms with E-state index in [2.05, 4.69) is 6.92 Å². The normalized spacial score (nSPS) is 16.1. The van der Waals surface area contributed by atoms with Gasteiger partial charge in [0.15, 0.2) is 6.20 Å². The molecule has 1 aliphatic rings. The fourth-order valence-electron chi connectivity index (χ4n) is 5.43. The molecule has 0 aliphatic carbocycles. The predicted octanol–water partition coefficient (Wildman–Crippen LogP) is 5.00. The number of carbonyl (C=O) groups is 2. The number of nitrogens with zero attached hydrogens (tertiary/aromatic N) is 2. The van der Waals surface area contributed by atoms with Crippen molar-refractivity contribution in [3.8, 4) is 0 Å². The number of imide groups is 1. The number of hydrogen-bond donors (Lipinski definition) is 0. The average Bonchev–Trinajstić information content (AvgIpc) is 3.46. The summed E-state index contributed by atoms with van der Waals surface area (Å²) < 4.78 is 24.3. The molecule has 1 aromatic heterocycles. The number of pyridine rings is 1. The van der Waals surface area contributed by atoms with Gasteiger partial charge in [0, 0.05) is 24.7 Å². The van der Waals surface area contributed by atoms with Gasteiger partial charge >= 0.3 is 12.2 Å². The molecule has 0 N–H and O–H groups in total. The summed E-state index contributed by atoms with van der Waals surface area (Å²) in [5, 5.41) is 0. The predicted molar refractivity (Wildman–Crippen MR) is 165 cm³/mol. The fourth-order valence-corrected chi connectivity index (χ4v) is 5.43. The summed E-state index contributed by atoms with van der Waals surface area (Å²) in [5.74, 6) is 0.300. The van der Waals surface area contributed by atoms with Crippen molar-refractivity contribution in [1.82, 2.24) is 4.90 Å². The van der Waals surface area contributed by atoms with Gasteiger partial charge in [-0.05, 0) is 26.7 Å². The number of rotatable bonds is 23. The van der Waals surface area contributed by atoms with Crippen molar-refractivity contribution in [3.63, 3.8) is 0 Å². The minimum absolute atomic E-state index is 0. The van der Waals surface area contributed by atoms with Gasteiger partial charge in [0.2, 0.25) is 5.69 Å². The smallest absolute Gasteiger partial charge is 0.419 e. The van der Waals surface area contributed by atoms with Gasteiger partial charge in [0.05, 0.1) is 25.9 Å². The van der Waals surface area contributed by atoms with Gasteiger partial charge < -0.3 is 42.9 Å². The first-order valence-electron chi connectivity index (χ1n) is 16.9. The largest absolute Gasteiger partial charge is 1.00 e. The lowest BCUT2D eigenvalue weighted by molar-refractivity contribution is -0.701. The average molecular weight is 719 g/mol. The van der Waals surface area contributed by atoms with Gasteiger partial charge in [-0.3, -0.25) is 0 Å². The third kappa shape index (κ3) is 17.6. The maximum absolute atomic E-state index is 12.9. The summed E-state index contributed by atoms with van der Waals surface area (Å²) in [4.78, 5) is 26.4. The summed E-state index contributed by atoms with van der Waals surface area (Å²) in [6.07, 6.45) is 20.0. The van der Waals surface area contributed by atoms with Crippen LogP contribution in [0.5, 0.6) is 0 Å². The Hall–Kier alpha value is -1.46. The van der Waals surface area contributed by atoms with Crippen molar-refractivity contribution in [2.45, 2.75) is 136 Å². The molecule has 0 saturated carbocycles. The molecule has 0 radical (unpaired) electrons. The summed E-state index contributed by atoms with van der Waals surface area (Å²) in [7, 11) is 0. The van der Waals surface area contributed by atoms with Gasteiger partial charge in [-0.1, -0.05) is 96.5 Å². The van der Waals surface area contributed by atoms with Crippen LogP contribution < -0.4 is 28.5 Å². The van der Waals surface area contributed by atoms with Crippen LogP contribution in [-0.2, 0) is 32.0 Å². The van der Waals surface area contributed by atoms with E-state index in [-0.39, 0.29) is 49.8 Å². The van der Waals surface area contributed by atoms with Crippen LogP contribution >= 0.6 is 0 Å². The number of hydrogen-bond acceptors (Lipinski definition) is 6. The van der Waals surface area contributed by atoms with E-state index >= 15 is 0 Å². The van der Waals surface area contributed by atoms with Crippen LogP contribution in [0.4, 0.5) is 9.59 Å². The van der Waals surface area contributed by atoms with Crippen LogP contribution in [0.15, 0.2) is 24.4 Å². The number of carbonyl (C=O) groups excluding carboxylic acids is 2. The molecular weight excluding hydrogens is 659 g/mol. The zero-order valence-corrected chi connectivity index (χ0v) is 29.4. The number of unbranched alkanes of at least 4 members (excludes halogenated alkanes) is 13. The monoisotopic (exact) mass is 718 g/mol. The van der Waals surface area contributed by atoms with Crippen LogP contribution in [-0.4, -0.2) is 56.2 Å². The lowest BCUT2D eigenvalue weighted by Gasteiger charge is -2.20. The molecule has 8 nitrogen and oxygen atoms in total. The number of halogens is 1. The zero-order chi connectivity index (χ0) is 30.3. The number of aryl methyl sites for hydroxylation is 1. The lowest BCUT2D eigenvalue weighted by Crippen LogP contribution is -3.00. The Morgan fingerprint density at radius 2 is 1.44 bits per heavy atom. The standard InChI is InChI=1S/C34H59N2O6.HI/c1-4-7-8-9-10-11-12-13-14-15-16-17-18-21-24-39-27-30-25-32(41-28-30)29-42-34(38)36(33(37)40-6-3)26-31-22-19-20-23-35(31)5-2;/h19-20,22-23,30,32H,4-18,21,24-29H2,1-3H3;1H/q+1;/p-1. The highest BCUT2D eigenvalue weighted by Gasteiger charge is 2.31. The van der Waals surface area contributed by atoms with Gasteiger partial charge in [-0.2, -0.15) is 0 Å². The molecule has 0 aromatic carbocycles. The van der Waals surface area contributed by atoms with E-state index in [1.807, 2.05) is 35.9 Å². The van der Waals surface area contributed by atoms with E-state index < -0.39 is 12.2 Å². The first-order valence-corrected chi connectivity index (χ1v) is 16.9. The third-order valence-electron chi connectivity index (χ3n) is 7.96. The summed E-state index contributed by atoms with van der Waals surface area (Å²) in [6.45, 7) is 9.14. The molecule has 0 bridgehead atoms. The molecule has 0 spiro atoms. The Labute approximate surface area is 278 Å². The molecule has 2 heterocycles. The van der Waals surface area contributed by atoms with Gasteiger partial charge in [0.1, 0.15) is 19.7 Å². The van der Waals surface area contributed by atoms with Crippen molar-refractivity contribution in [1.29, 1.82) is 0 Å². The summed E-state index contributed by atoms with van der Waals surface area (Å²) in [5.41, 5.74) is 0.818. The Morgan fingerprint density at radius 3 is 2.05 bits per heavy atom. The molecule has 1 fully saturated rings. The second kappa shape index (κ2) is 25.8. The van der Waals surface area contributed by atoms with E-state index in [0.717, 1.165) is 36.6 Å². The molecule has 2 atom stereocenters. The minimum atomic E-state index is -0.721. The first kappa shape index (κ1) is 39.6. The lowest BCUT2D eigenvalue weighted by atomic mass is 10.0. The molecule has 1 saturated heterocycles. The van der Waals surface area contributed by atoms with Crippen LogP contribution in [0.2, 0.25) is 0 Å². The molecule has 2 amide bonds. The number of ether oxygens (including phenoxy) is 4.